The molecule has 1 atom stereocenters. The summed E-state index contributed by atoms with van der Waals surface area (Å²) in [5.41, 5.74) is 6.50. The van der Waals surface area contributed by atoms with Gasteiger partial charge in [-0.05, 0) is 29.3 Å². The molecule has 7 heteroatoms. The van der Waals surface area contributed by atoms with E-state index in [2.05, 4.69) is 25.9 Å². The van der Waals surface area contributed by atoms with E-state index in [-0.39, 0.29) is 11.6 Å². The van der Waals surface area contributed by atoms with Crippen molar-refractivity contribution in [2.75, 3.05) is 12.0 Å². The first-order valence-electron chi connectivity index (χ1n) is 5.28. The number of nitrogen functional groups attached to an aromatic ring is 1. The van der Waals surface area contributed by atoms with Crippen molar-refractivity contribution in [2.45, 2.75) is 31.9 Å². The van der Waals surface area contributed by atoms with Gasteiger partial charge in [0.05, 0.1) is 10.2 Å². The first-order valence-corrected chi connectivity index (χ1v) is 8.02. The molecule has 1 heterocycles. The molecule has 0 saturated carbocycles. The number of rotatable bonds is 4. The molecule has 0 aliphatic heterocycles. The Morgan fingerprint density at radius 2 is 2.00 bits per heavy atom. The average Bonchev–Trinajstić information content (AvgIpc) is 2.22. The van der Waals surface area contributed by atoms with Gasteiger partial charge in [-0.2, -0.15) is 0 Å². The molecule has 1 unspecified atom stereocenters. The molecule has 0 fully saturated rings. The molecule has 1 aromatic heterocycles. The van der Waals surface area contributed by atoms with Crippen molar-refractivity contribution in [1.82, 2.24) is 9.97 Å². The van der Waals surface area contributed by atoms with Crippen molar-refractivity contribution in [3.05, 3.63) is 16.0 Å². The number of aromatic nitrogens is 2. The van der Waals surface area contributed by atoms with Crippen LogP contribution in [0.25, 0.3) is 0 Å². The fourth-order valence-corrected chi connectivity index (χ4v) is 2.17. The van der Waals surface area contributed by atoms with E-state index in [1.165, 1.54) is 6.26 Å². The molecule has 1 rings (SSSR count). The van der Waals surface area contributed by atoms with Crippen LogP contribution in [0.3, 0.4) is 0 Å². The number of halogens is 1. The molecule has 0 aromatic carbocycles. The van der Waals surface area contributed by atoms with E-state index in [4.69, 9.17) is 5.73 Å². The lowest BCUT2D eigenvalue weighted by molar-refractivity contribution is 0.588. The predicted octanol–water partition coefficient (Wildman–Crippen LogP) is 1.88. The van der Waals surface area contributed by atoms with Crippen LogP contribution in [0.4, 0.5) is 5.82 Å². The maximum absolute atomic E-state index is 11.5. The van der Waals surface area contributed by atoms with Crippen LogP contribution in [-0.4, -0.2) is 24.6 Å². The second-order valence-electron chi connectivity index (χ2n) is 3.95. The van der Waals surface area contributed by atoms with Gasteiger partial charge in [0, 0.05) is 6.26 Å². The Balaban J connectivity index is 3.28. The lowest BCUT2D eigenvalue weighted by Crippen LogP contribution is -2.14. The van der Waals surface area contributed by atoms with Crippen LogP contribution in [0.5, 0.6) is 0 Å². The highest BCUT2D eigenvalue weighted by Crippen LogP contribution is 2.26. The summed E-state index contributed by atoms with van der Waals surface area (Å²) in [6.07, 6.45) is 2.80. The molecule has 1 aromatic rings. The summed E-state index contributed by atoms with van der Waals surface area (Å²) in [6, 6.07) is 0. The third-order valence-corrected chi connectivity index (χ3v) is 4.81. The number of hydrogen-bond donors (Lipinski definition) is 1. The van der Waals surface area contributed by atoms with Crippen LogP contribution < -0.4 is 5.73 Å². The number of sulfone groups is 1. The Morgan fingerprint density at radius 1 is 1.41 bits per heavy atom. The Morgan fingerprint density at radius 3 is 2.47 bits per heavy atom. The minimum absolute atomic E-state index is 0.261. The first-order chi connectivity index (χ1) is 7.77. The van der Waals surface area contributed by atoms with Crippen molar-refractivity contribution in [2.24, 2.45) is 0 Å². The summed E-state index contributed by atoms with van der Waals surface area (Å²) in [4.78, 5) is 8.29. The number of nitrogens with zero attached hydrogens (tertiary/aromatic N) is 2. The molecule has 17 heavy (non-hydrogen) atoms. The highest BCUT2D eigenvalue weighted by atomic mass is 79.9. The van der Waals surface area contributed by atoms with E-state index in [1.54, 1.807) is 6.92 Å². The lowest BCUT2D eigenvalue weighted by atomic mass is 10.2. The highest BCUT2D eigenvalue weighted by Gasteiger charge is 2.22. The quantitative estimate of drug-likeness (QED) is 0.915. The van der Waals surface area contributed by atoms with Gasteiger partial charge in [0.25, 0.3) is 0 Å². The summed E-state index contributed by atoms with van der Waals surface area (Å²) >= 11 is 3.32. The Bertz CT molecular complexity index is 517. The zero-order chi connectivity index (χ0) is 13.2. The zero-order valence-electron chi connectivity index (χ0n) is 10.1. The van der Waals surface area contributed by atoms with Gasteiger partial charge in [0.15, 0.2) is 9.84 Å². The molecule has 2 N–H and O–H groups in total. The van der Waals surface area contributed by atoms with E-state index in [0.717, 1.165) is 18.5 Å². The van der Waals surface area contributed by atoms with E-state index in [9.17, 15) is 8.42 Å². The van der Waals surface area contributed by atoms with Gasteiger partial charge in [-0.15, -0.1) is 0 Å². The van der Waals surface area contributed by atoms with Crippen LogP contribution in [0.15, 0.2) is 4.47 Å². The van der Waals surface area contributed by atoms with Crippen LogP contribution >= 0.6 is 15.9 Å². The minimum atomic E-state index is -3.21. The smallest absolute Gasteiger partial charge is 0.157 e. The van der Waals surface area contributed by atoms with E-state index < -0.39 is 15.1 Å². The summed E-state index contributed by atoms with van der Waals surface area (Å²) in [5.74, 6) is 0.547. The van der Waals surface area contributed by atoms with Crippen molar-refractivity contribution < 1.29 is 8.42 Å². The predicted molar refractivity (Wildman–Crippen MR) is 71.4 cm³/mol. The molecule has 0 aliphatic rings. The topological polar surface area (TPSA) is 85.9 Å². The van der Waals surface area contributed by atoms with E-state index in [1.807, 2.05) is 6.92 Å². The molecule has 5 nitrogen and oxygen atoms in total. The molecule has 0 amide bonds. The average molecular weight is 322 g/mol. The molecule has 0 saturated heterocycles. The molecule has 0 bridgehead atoms. The molecule has 0 radical (unpaired) electrons. The third kappa shape index (κ3) is 3.38. The normalized spacial score (nSPS) is 13.6. The van der Waals surface area contributed by atoms with Crippen molar-refractivity contribution in [3.63, 3.8) is 0 Å². The molecular formula is C10H16BrN3O2S. The van der Waals surface area contributed by atoms with E-state index >= 15 is 0 Å². The fourth-order valence-electron chi connectivity index (χ4n) is 1.31. The Hall–Kier alpha value is -0.690. The van der Waals surface area contributed by atoms with Crippen LogP contribution in [-0.2, 0) is 16.3 Å². The molecule has 0 aliphatic carbocycles. The van der Waals surface area contributed by atoms with Crippen LogP contribution in [0, 0.1) is 0 Å². The Kier molecular flexibility index (Phi) is 4.48. The number of nitrogens with two attached hydrogens (primary N) is 1. The third-order valence-electron chi connectivity index (χ3n) is 2.46. The number of aryl methyl sites for hydroxylation is 1. The zero-order valence-corrected chi connectivity index (χ0v) is 12.5. The first kappa shape index (κ1) is 14.4. The maximum Gasteiger partial charge on any atom is 0.157 e. The lowest BCUT2D eigenvalue weighted by Gasteiger charge is -2.12. The van der Waals surface area contributed by atoms with Crippen molar-refractivity contribution in [1.29, 1.82) is 0 Å². The summed E-state index contributed by atoms with van der Waals surface area (Å²) in [5, 5.41) is -0.742. The highest BCUT2D eigenvalue weighted by molar-refractivity contribution is 9.10. The van der Waals surface area contributed by atoms with Gasteiger partial charge in [0.2, 0.25) is 0 Å². The SMILES string of the molecule is CCCc1nc(C(C)S(C)(=O)=O)nc(N)c1Br. The van der Waals surface area contributed by atoms with Gasteiger partial charge < -0.3 is 5.73 Å². The largest absolute Gasteiger partial charge is 0.383 e. The summed E-state index contributed by atoms with van der Waals surface area (Å²) in [7, 11) is -3.21. The molecule has 0 spiro atoms. The van der Waals surface area contributed by atoms with Crippen molar-refractivity contribution >= 4 is 31.6 Å². The van der Waals surface area contributed by atoms with Gasteiger partial charge in [-0.1, -0.05) is 13.3 Å². The van der Waals surface area contributed by atoms with Crippen molar-refractivity contribution in [3.8, 4) is 0 Å². The van der Waals surface area contributed by atoms with Gasteiger partial charge in [-0.25, -0.2) is 18.4 Å². The molecule has 96 valence electrons. The second-order valence-corrected chi connectivity index (χ2v) is 7.11. The summed E-state index contributed by atoms with van der Waals surface area (Å²) < 4.78 is 23.6. The maximum atomic E-state index is 11.5. The van der Waals surface area contributed by atoms with Gasteiger partial charge >= 0.3 is 0 Å². The summed E-state index contributed by atoms with van der Waals surface area (Å²) in [6.45, 7) is 3.58. The fraction of sp³-hybridized carbons (Fsp3) is 0.600. The molecular weight excluding hydrogens is 306 g/mol. The van der Waals surface area contributed by atoms with E-state index in [0.29, 0.717) is 4.47 Å². The number of anilines is 1. The van der Waals surface area contributed by atoms with Crippen LogP contribution in [0.2, 0.25) is 0 Å². The van der Waals surface area contributed by atoms with Gasteiger partial charge in [0.1, 0.15) is 16.9 Å². The van der Waals surface area contributed by atoms with Gasteiger partial charge in [-0.3, -0.25) is 0 Å². The number of hydrogen-bond acceptors (Lipinski definition) is 5. The van der Waals surface area contributed by atoms with Crippen LogP contribution in [0.1, 0.15) is 37.0 Å². The Labute approximate surface area is 110 Å². The second kappa shape index (κ2) is 5.30. The monoisotopic (exact) mass is 321 g/mol. The standard InChI is InChI=1S/C10H16BrN3O2S/c1-4-5-7-8(11)9(12)14-10(13-7)6(2)17(3,15)16/h6H,4-5H2,1-3H3,(H2,12,13,14). The minimum Gasteiger partial charge on any atom is -0.383 e.